The topological polar surface area (TPSA) is 7.76 Å². The summed E-state index contributed by atoms with van der Waals surface area (Å²) in [6.45, 7) is 2.25. The van der Waals surface area contributed by atoms with Crippen molar-refractivity contribution >= 4 is 21.8 Å². The lowest BCUT2D eigenvalue weighted by atomic mass is 9.84. The van der Waals surface area contributed by atoms with Crippen molar-refractivity contribution in [1.29, 1.82) is 0 Å². The van der Waals surface area contributed by atoms with Crippen LogP contribution in [0.25, 0.3) is 21.8 Å². The van der Waals surface area contributed by atoms with Crippen LogP contribution in [0.3, 0.4) is 0 Å². The predicted molar refractivity (Wildman–Crippen MR) is 98.1 cm³/mol. The first-order chi connectivity index (χ1) is 12.3. The van der Waals surface area contributed by atoms with Crippen LogP contribution in [0.1, 0.15) is 11.4 Å². The number of hydrogen-bond acceptors (Lipinski definition) is 0. The van der Waals surface area contributed by atoms with Crippen LogP contribution < -0.4 is 9.13 Å². The zero-order chi connectivity index (χ0) is 16.4. The molecule has 2 heteroatoms. The van der Waals surface area contributed by atoms with E-state index < -0.39 is 0 Å². The first-order valence-electron chi connectivity index (χ1n) is 9.12. The number of para-hydroxylation sites is 2. The number of rotatable bonds is 0. The summed E-state index contributed by atoms with van der Waals surface area (Å²) in [6, 6.07) is 26.8. The third-order valence-corrected chi connectivity index (χ3v) is 6.16. The molecular weight excluding hydrogens is 304 g/mol. The highest BCUT2D eigenvalue weighted by Gasteiger charge is 2.53. The van der Waals surface area contributed by atoms with Crippen LogP contribution in [-0.2, 0) is 25.9 Å². The molecule has 4 aromatic rings. The maximum Gasteiger partial charge on any atom is 0.212 e. The Morgan fingerprint density at radius 1 is 0.560 bits per heavy atom. The summed E-state index contributed by atoms with van der Waals surface area (Å²) in [5.41, 5.74) is 6.05. The van der Waals surface area contributed by atoms with E-state index in [-0.39, 0.29) is 0 Å². The highest BCUT2D eigenvalue weighted by Crippen LogP contribution is 2.37. The van der Waals surface area contributed by atoms with Crippen molar-refractivity contribution in [3.05, 3.63) is 84.2 Å². The third kappa shape index (κ3) is 1.85. The van der Waals surface area contributed by atoms with Gasteiger partial charge in [-0.15, -0.1) is 0 Å². The molecule has 2 aliphatic rings. The van der Waals surface area contributed by atoms with Gasteiger partial charge in [0, 0.05) is 35.0 Å². The summed E-state index contributed by atoms with van der Waals surface area (Å²) in [7, 11) is 0. The minimum absolute atomic E-state index is 0.328. The Labute approximate surface area is 147 Å². The molecule has 4 heterocycles. The third-order valence-electron chi connectivity index (χ3n) is 6.16. The standard InChI is InChI=1S/C23H20N2/c1-3-7-21-17(5-1)9-11-19-13-23(15-24(19)21)14-20-12-10-18-6-2-4-8-22(18)25(20)16-23/h1-12H,13-16H2/q+2. The molecule has 0 N–H and O–H groups in total. The number of fused-ring (bicyclic) bond motifs is 6. The molecule has 0 atom stereocenters. The van der Waals surface area contributed by atoms with E-state index >= 15 is 0 Å². The SMILES string of the molecule is c1ccc2c(c1)ccc1[n+]2CC2(C1)Cc1ccc3ccccc3[n+]1C2. The maximum absolute atomic E-state index is 2.56. The zero-order valence-electron chi connectivity index (χ0n) is 14.2. The van der Waals surface area contributed by atoms with Crippen molar-refractivity contribution in [3.8, 4) is 0 Å². The normalized spacial score (nSPS) is 17.3. The lowest BCUT2D eigenvalue weighted by Gasteiger charge is -2.11. The van der Waals surface area contributed by atoms with E-state index in [4.69, 9.17) is 0 Å². The van der Waals surface area contributed by atoms with E-state index in [2.05, 4.69) is 81.9 Å². The second-order valence-corrected chi connectivity index (χ2v) is 7.79. The fraction of sp³-hybridized carbons (Fsp3) is 0.217. The minimum Gasteiger partial charge on any atom is -0.195 e. The number of hydrogen-bond donors (Lipinski definition) is 0. The van der Waals surface area contributed by atoms with E-state index in [0.717, 1.165) is 13.1 Å². The first-order valence-corrected chi connectivity index (χ1v) is 9.12. The number of aromatic nitrogens is 2. The number of nitrogens with zero attached hydrogens (tertiary/aromatic N) is 2. The van der Waals surface area contributed by atoms with Gasteiger partial charge in [0.2, 0.25) is 11.0 Å². The Morgan fingerprint density at radius 2 is 1.04 bits per heavy atom. The second-order valence-electron chi connectivity index (χ2n) is 7.79. The summed E-state index contributed by atoms with van der Waals surface area (Å²) < 4.78 is 5.12. The summed E-state index contributed by atoms with van der Waals surface area (Å²) in [6.07, 6.45) is 2.35. The van der Waals surface area contributed by atoms with Crippen LogP contribution >= 0.6 is 0 Å². The monoisotopic (exact) mass is 324 g/mol. The van der Waals surface area contributed by atoms with Crippen molar-refractivity contribution < 1.29 is 9.13 Å². The maximum atomic E-state index is 2.56. The number of benzene rings is 2. The highest BCUT2D eigenvalue weighted by molar-refractivity contribution is 5.76. The molecule has 1 spiro atoms. The molecule has 0 aliphatic carbocycles. The van der Waals surface area contributed by atoms with Gasteiger partial charge >= 0.3 is 0 Å². The highest BCUT2D eigenvalue weighted by atomic mass is 15.1. The predicted octanol–water partition coefficient (Wildman–Crippen LogP) is 3.37. The Morgan fingerprint density at radius 3 is 1.56 bits per heavy atom. The Hall–Kier alpha value is -2.74. The number of pyridine rings is 2. The van der Waals surface area contributed by atoms with E-state index in [9.17, 15) is 0 Å². The fourth-order valence-electron chi connectivity index (χ4n) is 5.07. The van der Waals surface area contributed by atoms with Crippen LogP contribution in [0.5, 0.6) is 0 Å². The molecule has 0 bridgehead atoms. The van der Waals surface area contributed by atoms with Crippen molar-refractivity contribution in [1.82, 2.24) is 0 Å². The molecule has 25 heavy (non-hydrogen) atoms. The summed E-state index contributed by atoms with van der Waals surface area (Å²) >= 11 is 0. The van der Waals surface area contributed by atoms with E-state index in [0.29, 0.717) is 5.41 Å². The average Bonchev–Trinajstić information content (AvgIpc) is 3.21. The van der Waals surface area contributed by atoms with Gasteiger partial charge in [-0.2, -0.15) is 9.13 Å². The first kappa shape index (κ1) is 13.5. The van der Waals surface area contributed by atoms with Crippen LogP contribution in [0.4, 0.5) is 0 Å². The van der Waals surface area contributed by atoms with Gasteiger partial charge in [-0.25, -0.2) is 0 Å². The Bertz CT molecular complexity index is 1070. The Kier molecular flexibility index (Phi) is 2.53. The van der Waals surface area contributed by atoms with E-state index in [1.807, 2.05) is 0 Å². The second kappa shape index (κ2) is 4.66. The van der Waals surface area contributed by atoms with Crippen LogP contribution in [0.15, 0.2) is 72.8 Å². The minimum atomic E-state index is 0.328. The summed E-state index contributed by atoms with van der Waals surface area (Å²) in [4.78, 5) is 0. The molecule has 2 nitrogen and oxygen atoms in total. The van der Waals surface area contributed by atoms with Gasteiger partial charge in [-0.3, -0.25) is 0 Å². The van der Waals surface area contributed by atoms with E-state index in [1.165, 1.54) is 46.0 Å². The molecule has 120 valence electrons. The molecule has 0 radical (unpaired) electrons. The van der Waals surface area contributed by atoms with Gasteiger partial charge in [-0.1, -0.05) is 24.3 Å². The molecule has 0 unspecified atom stereocenters. The molecule has 2 aromatic heterocycles. The van der Waals surface area contributed by atoms with Crippen LogP contribution in [-0.4, -0.2) is 0 Å². The smallest absolute Gasteiger partial charge is 0.195 e. The molecule has 0 saturated carbocycles. The summed E-state index contributed by atoms with van der Waals surface area (Å²) in [5, 5.41) is 2.69. The van der Waals surface area contributed by atoms with Gasteiger partial charge in [0.1, 0.15) is 5.41 Å². The molecule has 0 fully saturated rings. The lowest BCUT2D eigenvalue weighted by Crippen LogP contribution is -2.42. The molecule has 2 aliphatic heterocycles. The lowest BCUT2D eigenvalue weighted by molar-refractivity contribution is -0.699. The molecule has 0 saturated heterocycles. The molecule has 6 rings (SSSR count). The molecule has 0 amide bonds. The largest absolute Gasteiger partial charge is 0.212 e. The van der Waals surface area contributed by atoms with Crippen molar-refractivity contribution in [2.75, 3.05) is 0 Å². The quantitative estimate of drug-likeness (QED) is 0.438. The van der Waals surface area contributed by atoms with Gasteiger partial charge in [0.15, 0.2) is 24.5 Å². The molecule has 2 aromatic carbocycles. The van der Waals surface area contributed by atoms with Crippen LogP contribution in [0, 0.1) is 5.41 Å². The van der Waals surface area contributed by atoms with Crippen molar-refractivity contribution in [3.63, 3.8) is 0 Å². The van der Waals surface area contributed by atoms with Crippen LogP contribution in [0.2, 0.25) is 0 Å². The van der Waals surface area contributed by atoms with E-state index in [1.54, 1.807) is 0 Å². The van der Waals surface area contributed by atoms with Gasteiger partial charge < -0.3 is 0 Å². The average molecular weight is 324 g/mol. The van der Waals surface area contributed by atoms with Gasteiger partial charge in [-0.05, 0) is 24.3 Å². The molecular formula is C23H20N2+2. The van der Waals surface area contributed by atoms with Crippen molar-refractivity contribution in [2.45, 2.75) is 25.9 Å². The Balaban J connectivity index is 1.48. The summed E-state index contributed by atoms with van der Waals surface area (Å²) in [5.74, 6) is 0. The van der Waals surface area contributed by atoms with Gasteiger partial charge in [0.05, 0.1) is 12.8 Å². The fourth-order valence-corrected chi connectivity index (χ4v) is 5.07. The van der Waals surface area contributed by atoms with Crippen molar-refractivity contribution in [2.24, 2.45) is 5.41 Å². The zero-order valence-corrected chi connectivity index (χ0v) is 14.2. The van der Waals surface area contributed by atoms with Gasteiger partial charge in [0.25, 0.3) is 0 Å².